The van der Waals surface area contributed by atoms with Crippen molar-refractivity contribution in [3.8, 4) is 0 Å². The van der Waals surface area contributed by atoms with Crippen LogP contribution in [0.15, 0.2) is 18.3 Å². The lowest BCUT2D eigenvalue weighted by Gasteiger charge is -2.06. The molecule has 2 heterocycles. The van der Waals surface area contributed by atoms with Crippen molar-refractivity contribution in [2.45, 2.75) is 39.0 Å². The van der Waals surface area contributed by atoms with Gasteiger partial charge in [0.25, 0.3) is 0 Å². The van der Waals surface area contributed by atoms with E-state index in [0.29, 0.717) is 6.42 Å². The average Bonchev–Trinajstić information content (AvgIpc) is 2.95. The Balaban J connectivity index is 2.09. The largest absolute Gasteiger partial charge is 0.480 e. The van der Waals surface area contributed by atoms with Gasteiger partial charge in [0, 0.05) is 43.2 Å². The fraction of sp³-hybridized carbons (Fsp3) is 0.438. The number of nitrogens with zero attached hydrogens (tertiary/aromatic N) is 2. The van der Waals surface area contributed by atoms with Crippen LogP contribution >= 0.6 is 0 Å². The van der Waals surface area contributed by atoms with Crippen LogP contribution in [0.25, 0.3) is 10.9 Å². The lowest BCUT2D eigenvalue weighted by molar-refractivity contribution is -0.138. The summed E-state index contributed by atoms with van der Waals surface area (Å²) in [6.45, 7) is 4.89. The molecule has 1 atom stereocenters. The number of rotatable bonds is 4. The van der Waals surface area contributed by atoms with Crippen LogP contribution in [0.4, 0.5) is 0 Å². The van der Waals surface area contributed by atoms with Crippen molar-refractivity contribution in [2.24, 2.45) is 5.73 Å². The molecular formula is C16H21N3O2. The van der Waals surface area contributed by atoms with Gasteiger partial charge in [-0.15, -0.1) is 0 Å². The summed E-state index contributed by atoms with van der Waals surface area (Å²) in [6.07, 6.45) is 2.42. The van der Waals surface area contributed by atoms with Crippen molar-refractivity contribution in [1.29, 1.82) is 0 Å². The minimum atomic E-state index is -0.951. The van der Waals surface area contributed by atoms with Gasteiger partial charge in [-0.1, -0.05) is 0 Å². The predicted molar refractivity (Wildman–Crippen MR) is 82.1 cm³/mol. The number of benzene rings is 1. The first kappa shape index (κ1) is 14.1. The van der Waals surface area contributed by atoms with Crippen molar-refractivity contribution >= 4 is 16.9 Å². The molecule has 0 saturated heterocycles. The Bertz CT molecular complexity index is 705. The Labute approximate surface area is 124 Å². The maximum atomic E-state index is 11.0. The summed E-state index contributed by atoms with van der Waals surface area (Å²) in [6, 6.07) is 3.61. The maximum Gasteiger partial charge on any atom is 0.320 e. The molecule has 0 radical (unpaired) electrons. The minimum Gasteiger partial charge on any atom is -0.480 e. The van der Waals surface area contributed by atoms with E-state index in [1.165, 1.54) is 16.6 Å². The minimum absolute atomic E-state index is 0.369. The Morgan fingerprint density at radius 1 is 1.38 bits per heavy atom. The van der Waals surface area contributed by atoms with Gasteiger partial charge >= 0.3 is 5.97 Å². The van der Waals surface area contributed by atoms with Crippen LogP contribution in [0.5, 0.6) is 0 Å². The third kappa shape index (κ3) is 2.43. The Hall–Kier alpha value is -1.85. The highest BCUT2D eigenvalue weighted by Crippen LogP contribution is 2.30. The van der Waals surface area contributed by atoms with E-state index in [9.17, 15) is 4.79 Å². The molecule has 0 bridgehead atoms. The van der Waals surface area contributed by atoms with E-state index in [1.807, 2.05) is 6.20 Å². The summed E-state index contributed by atoms with van der Waals surface area (Å²) in [5.41, 5.74) is 10.6. The van der Waals surface area contributed by atoms with E-state index in [2.05, 4.69) is 35.6 Å². The molecule has 1 unspecified atom stereocenters. The second kappa shape index (κ2) is 5.16. The van der Waals surface area contributed by atoms with E-state index in [-0.39, 0.29) is 0 Å². The molecule has 21 heavy (non-hydrogen) atoms. The third-order valence-electron chi connectivity index (χ3n) is 4.26. The first-order valence-corrected chi connectivity index (χ1v) is 7.30. The Kier molecular flexibility index (Phi) is 3.47. The summed E-state index contributed by atoms with van der Waals surface area (Å²) in [7, 11) is 2.11. The van der Waals surface area contributed by atoms with E-state index in [1.54, 1.807) is 0 Å². The standard InChI is InChI=1S/C16H21N3O2/c1-3-19-9-12(5-14(17)16(20)21)13-4-10-7-18(2)8-11(10)6-15(13)19/h4,6,9,14H,3,5,7-8,17H2,1-2H3,(H,20,21). The van der Waals surface area contributed by atoms with Crippen molar-refractivity contribution in [3.05, 3.63) is 35.0 Å². The van der Waals surface area contributed by atoms with Gasteiger partial charge in [-0.25, -0.2) is 0 Å². The number of fused-ring (bicyclic) bond motifs is 2. The van der Waals surface area contributed by atoms with Crippen molar-refractivity contribution in [1.82, 2.24) is 9.47 Å². The van der Waals surface area contributed by atoms with Crippen LogP contribution in [0.3, 0.4) is 0 Å². The van der Waals surface area contributed by atoms with Gasteiger partial charge in [-0.05, 0) is 42.8 Å². The van der Waals surface area contributed by atoms with Crippen LogP contribution in [-0.2, 0) is 30.8 Å². The zero-order valence-corrected chi connectivity index (χ0v) is 12.5. The number of aliphatic carboxylic acids is 1. The van der Waals surface area contributed by atoms with E-state index >= 15 is 0 Å². The summed E-state index contributed by atoms with van der Waals surface area (Å²) in [5, 5.41) is 10.2. The molecule has 0 fully saturated rings. The third-order valence-corrected chi connectivity index (χ3v) is 4.26. The van der Waals surface area contributed by atoms with Crippen molar-refractivity contribution in [3.63, 3.8) is 0 Å². The normalized spacial score (nSPS) is 16.3. The van der Waals surface area contributed by atoms with E-state index < -0.39 is 12.0 Å². The predicted octanol–water partition coefficient (Wildman–Crippen LogP) is 1.56. The van der Waals surface area contributed by atoms with E-state index in [4.69, 9.17) is 10.8 Å². The first-order chi connectivity index (χ1) is 9.99. The molecule has 1 aromatic carbocycles. The SMILES string of the molecule is CCn1cc(CC(N)C(=O)O)c2cc3c(cc21)CN(C)C3. The summed E-state index contributed by atoms with van der Waals surface area (Å²) in [4.78, 5) is 13.3. The highest BCUT2D eigenvalue weighted by molar-refractivity contribution is 5.87. The smallest absolute Gasteiger partial charge is 0.320 e. The number of aromatic nitrogens is 1. The fourth-order valence-electron chi connectivity index (χ4n) is 3.18. The lowest BCUT2D eigenvalue weighted by atomic mass is 10.0. The van der Waals surface area contributed by atoms with Gasteiger partial charge in [0.1, 0.15) is 6.04 Å². The Morgan fingerprint density at radius 3 is 2.67 bits per heavy atom. The molecule has 5 heteroatoms. The van der Waals surface area contributed by atoms with Gasteiger partial charge in [0.05, 0.1) is 0 Å². The summed E-state index contributed by atoms with van der Waals surface area (Å²) in [5.74, 6) is -0.951. The zero-order chi connectivity index (χ0) is 15.1. The van der Waals surface area contributed by atoms with Crippen LogP contribution in [0.2, 0.25) is 0 Å². The number of aryl methyl sites for hydroxylation is 1. The summed E-state index contributed by atoms with van der Waals surface area (Å²) >= 11 is 0. The molecule has 0 saturated carbocycles. The van der Waals surface area contributed by atoms with E-state index in [0.717, 1.165) is 30.6 Å². The molecule has 1 aliphatic rings. The molecule has 3 rings (SSSR count). The monoisotopic (exact) mass is 287 g/mol. The number of carbonyl (C=O) groups is 1. The second-order valence-electron chi connectivity index (χ2n) is 5.90. The van der Waals surface area contributed by atoms with Crippen LogP contribution in [0, 0.1) is 0 Å². The topological polar surface area (TPSA) is 71.5 Å². The Morgan fingerprint density at radius 2 is 2.05 bits per heavy atom. The first-order valence-electron chi connectivity index (χ1n) is 7.30. The average molecular weight is 287 g/mol. The molecule has 5 nitrogen and oxygen atoms in total. The number of nitrogens with two attached hydrogens (primary N) is 1. The number of hydrogen-bond acceptors (Lipinski definition) is 3. The molecule has 0 spiro atoms. The van der Waals surface area contributed by atoms with Crippen LogP contribution < -0.4 is 5.73 Å². The molecule has 0 amide bonds. The number of carboxylic acid groups (broad SMARTS) is 1. The van der Waals surface area contributed by atoms with Gasteiger partial charge in [0.2, 0.25) is 0 Å². The van der Waals surface area contributed by atoms with Crippen molar-refractivity contribution < 1.29 is 9.90 Å². The zero-order valence-electron chi connectivity index (χ0n) is 12.5. The second-order valence-corrected chi connectivity index (χ2v) is 5.90. The number of carboxylic acids is 1. The van der Waals surface area contributed by atoms with Gasteiger partial charge in [-0.2, -0.15) is 0 Å². The summed E-state index contributed by atoms with van der Waals surface area (Å²) < 4.78 is 2.18. The molecule has 2 aromatic rings. The molecule has 112 valence electrons. The lowest BCUT2D eigenvalue weighted by Crippen LogP contribution is -2.32. The molecular weight excluding hydrogens is 266 g/mol. The molecule has 1 aromatic heterocycles. The van der Waals surface area contributed by atoms with Gasteiger partial charge in [-0.3, -0.25) is 9.69 Å². The molecule has 3 N–H and O–H groups in total. The highest BCUT2D eigenvalue weighted by atomic mass is 16.4. The van der Waals surface area contributed by atoms with Crippen molar-refractivity contribution in [2.75, 3.05) is 7.05 Å². The van der Waals surface area contributed by atoms with Gasteiger partial charge in [0.15, 0.2) is 0 Å². The van der Waals surface area contributed by atoms with Gasteiger partial charge < -0.3 is 15.4 Å². The fourth-order valence-corrected chi connectivity index (χ4v) is 3.18. The maximum absolute atomic E-state index is 11.0. The van der Waals surface area contributed by atoms with Crippen LogP contribution in [-0.4, -0.2) is 33.6 Å². The quantitative estimate of drug-likeness (QED) is 0.895. The van der Waals surface area contributed by atoms with Crippen LogP contribution in [0.1, 0.15) is 23.6 Å². The molecule has 1 aliphatic heterocycles. The number of hydrogen-bond donors (Lipinski definition) is 2. The highest BCUT2D eigenvalue weighted by Gasteiger charge is 2.21. The molecule has 0 aliphatic carbocycles.